The summed E-state index contributed by atoms with van der Waals surface area (Å²) in [6, 6.07) is 20.7. The van der Waals surface area contributed by atoms with E-state index in [0.717, 1.165) is 27.1 Å². The predicted octanol–water partition coefficient (Wildman–Crippen LogP) is 6.01. The van der Waals surface area contributed by atoms with E-state index in [2.05, 4.69) is 0 Å². The van der Waals surface area contributed by atoms with E-state index in [1.807, 2.05) is 31.2 Å². The average molecular weight is 453 g/mol. The second kappa shape index (κ2) is 8.19. The Kier molecular flexibility index (Phi) is 5.17. The van der Waals surface area contributed by atoms with Crippen LogP contribution in [0.15, 0.2) is 72.8 Å². The van der Waals surface area contributed by atoms with Gasteiger partial charge in [-0.1, -0.05) is 29.8 Å². The second-order valence-electron chi connectivity index (χ2n) is 8.81. The highest BCUT2D eigenvalue weighted by molar-refractivity contribution is 5.87. The molecule has 0 aliphatic carbocycles. The number of aryl methyl sites for hydroxylation is 1. The van der Waals surface area contributed by atoms with Crippen molar-refractivity contribution >= 4 is 21.5 Å². The number of phenols is 5. The molecule has 5 nitrogen and oxygen atoms in total. The first-order valence-corrected chi connectivity index (χ1v) is 11.0. The number of phenolic OH excluding ortho intramolecular Hbond substituents is 5. The molecule has 5 aromatic rings. The molecule has 0 bridgehead atoms. The highest BCUT2D eigenvalue weighted by atomic mass is 16.3. The molecule has 0 saturated heterocycles. The summed E-state index contributed by atoms with van der Waals surface area (Å²) in [7, 11) is 0. The minimum atomic E-state index is 0.0935. The minimum absolute atomic E-state index is 0.0935. The lowest BCUT2D eigenvalue weighted by molar-refractivity contribution is 0.457. The third-order valence-corrected chi connectivity index (χ3v) is 6.22. The molecule has 0 fully saturated rings. The molecule has 5 aromatic carbocycles. The first-order chi connectivity index (χ1) is 16.3. The van der Waals surface area contributed by atoms with Gasteiger partial charge in [-0.25, -0.2) is 0 Å². The summed E-state index contributed by atoms with van der Waals surface area (Å²) in [5.41, 5.74) is 3.64. The standard InChI is InChI=1S/C29H24O5/c1-16-6-23(10-21-8-17-2-4-25(30)12-19(17)14-27(21)32)29(34)24(7-16)11-22-9-18-3-5-26(31)13-20(18)15-28(22)33/h2-9,12-15,30-34H,10-11H2,1H3. The Hall–Kier alpha value is -4.38. The summed E-state index contributed by atoms with van der Waals surface area (Å²) < 4.78 is 0. The van der Waals surface area contributed by atoms with E-state index in [1.165, 1.54) is 0 Å². The van der Waals surface area contributed by atoms with Gasteiger partial charge in [0.05, 0.1) is 0 Å². The summed E-state index contributed by atoms with van der Waals surface area (Å²) in [4.78, 5) is 0. The number of aromatic hydroxyl groups is 5. The summed E-state index contributed by atoms with van der Waals surface area (Å²) in [5.74, 6) is 0.580. The van der Waals surface area contributed by atoms with E-state index < -0.39 is 0 Å². The van der Waals surface area contributed by atoms with Gasteiger partial charge < -0.3 is 25.5 Å². The first kappa shape index (κ1) is 21.5. The SMILES string of the molecule is Cc1cc(Cc2cc3ccc(O)cc3cc2O)c(O)c(Cc2cc3ccc(O)cc3cc2O)c1. The monoisotopic (exact) mass is 452 g/mol. The molecule has 0 aliphatic heterocycles. The van der Waals surface area contributed by atoms with Crippen LogP contribution >= 0.6 is 0 Å². The fourth-order valence-corrected chi connectivity index (χ4v) is 4.54. The smallest absolute Gasteiger partial charge is 0.122 e. The summed E-state index contributed by atoms with van der Waals surface area (Å²) in [6.07, 6.45) is 0.651. The van der Waals surface area contributed by atoms with Crippen LogP contribution in [0, 0.1) is 6.92 Å². The van der Waals surface area contributed by atoms with E-state index >= 15 is 0 Å². The van der Waals surface area contributed by atoms with Crippen molar-refractivity contribution < 1.29 is 25.5 Å². The van der Waals surface area contributed by atoms with Crippen molar-refractivity contribution in [2.24, 2.45) is 0 Å². The van der Waals surface area contributed by atoms with Crippen molar-refractivity contribution in [2.45, 2.75) is 19.8 Å². The zero-order valence-electron chi connectivity index (χ0n) is 18.6. The van der Waals surface area contributed by atoms with Gasteiger partial charge in [-0.2, -0.15) is 0 Å². The maximum absolute atomic E-state index is 11.1. The number of hydrogen-bond donors (Lipinski definition) is 5. The number of rotatable bonds is 4. The summed E-state index contributed by atoms with van der Waals surface area (Å²) in [6.45, 7) is 1.94. The average Bonchev–Trinajstić information content (AvgIpc) is 2.78. The van der Waals surface area contributed by atoms with E-state index in [1.54, 1.807) is 48.5 Å². The molecule has 5 N–H and O–H groups in total. The zero-order valence-corrected chi connectivity index (χ0v) is 18.6. The predicted molar refractivity (Wildman–Crippen MR) is 133 cm³/mol. The molecule has 5 heteroatoms. The molecule has 0 amide bonds. The topological polar surface area (TPSA) is 101 Å². The third-order valence-electron chi connectivity index (χ3n) is 6.22. The Labute approximate surface area is 196 Å². The fourth-order valence-electron chi connectivity index (χ4n) is 4.54. The number of benzene rings is 5. The Morgan fingerprint density at radius 2 is 0.912 bits per heavy atom. The van der Waals surface area contributed by atoms with Crippen LogP contribution in [0.2, 0.25) is 0 Å². The van der Waals surface area contributed by atoms with E-state index in [4.69, 9.17) is 0 Å². The molecular weight excluding hydrogens is 428 g/mol. The number of fused-ring (bicyclic) bond motifs is 2. The first-order valence-electron chi connectivity index (χ1n) is 11.0. The van der Waals surface area contributed by atoms with Crippen LogP contribution in [-0.2, 0) is 12.8 Å². The van der Waals surface area contributed by atoms with Gasteiger partial charge in [0.25, 0.3) is 0 Å². The highest BCUT2D eigenvalue weighted by Crippen LogP contribution is 2.35. The van der Waals surface area contributed by atoms with Crippen LogP contribution < -0.4 is 0 Å². The summed E-state index contributed by atoms with van der Waals surface area (Å²) in [5, 5.41) is 54.8. The Bertz CT molecular complexity index is 1450. The molecule has 34 heavy (non-hydrogen) atoms. The molecule has 0 spiro atoms. The Balaban J connectivity index is 1.51. The zero-order chi connectivity index (χ0) is 24.0. The molecule has 5 rings (SSSR count). The van der Waals surface area contributed by atoms with Gasteiger partial charge in [0.15, 0.2) is 0 Å². The van der Waals surface area contributed by atoms with Gasteiger partial charge >= 0.3 is 0 Å². The highest BCUT2D eigenvalue weighted by Gasteiger charge is 2.15. The van der Waals surface area contributed by atoms with E-state index in [9.17, 15) is 25.5 Å². The molecule has 0 aliphatic rings. The fraction of sp³-hybridized carbons (Fsp3) is 0.103. The quantitative estimate of drug-likeness (QED) is 0.230. The van der Waals surface area contributed by atoms with Crippen molar-refractivity contribution in [1.82, 2.24) is 0 Å². The van der Waals surface area contributed by atoms with Crippen molar-refractivity contribution in [3.63, 3.8) is 0 Å². The third kappa shape index (κ3) is 4.04. The van der Waals surface area contributed by atoms with Crippen LogP contribution in [0.3, 0.4) is 0 Å². The van der Waals surface area contributed by atoms with Gasteiger partial charge in [-0.05, 0) is 99.3 Å². The molecular formula is C29H24O5. The lowest BCUT2D eigenvalue weighted by Crippen LogP contribution is -1.97. The molecule has 0 heterocycles. The van der Waals surface area contributed by atoms with Gasteiger partial charge in [-0.15, -0.1) is 0 Å². The van der Waals surface area contributed by atoms with Crippen molar-refractivity contribution in [1.29, 1.82) is 0 Å². The van der Waals surface area contributed by atoms with Crippen LogP contribution in [0.5, 0.6) is 28.7 Å². The largest absolute Gasteiger partial charge is 0.508 e. The number of hydrogen-bond acceptors (Lipinski definition) is 5. The Morgan fingerprint density at radius 3 is 1.35 bits per heavy atom. The normalized spacial score (nSPS) is 11.3. The molecule has 0 saturated carbocycles. The Morgan fingerprint density at radius 1 is 0.471 bits per heavy atom. The van der Waals surface area contributed by atoms with Gasteiger partial charge in [-0.3, -0.25) is 0 Å². The van der Waals surface area contributed by atoms with Crippen LogP contribution in [0.25, 0.3) is 21.5 Å². The van der Waals surface area contributed by atoms with Crippen LogP contribution in [0.4, 0.5) is 0 Å². The van der Waals surface area contributed by atoms with Gasteiger partial charge in [0.2, 0.25) is 0 Å². The lowest BCUT2D eigenvalue weighted by atomic mass is 9.93. The molecule has 0 atom stereocenters. The molecule has 0 aromatic heterocycles. The van der Waals surface area contributed by atoms with Crippen molar-refractivity contribution in [3.8, 4) is 28.7 Å². The van der Waals surface area contributed by atoms with Crippen LogP contribution in [0.1, 0.15) is 27.8 Å². The second-order valence-corrected chi connectivity index (χ2v) is 8.81. The van der Waals surface area contributed by atoms with Gasteiger partial charge in [0, 0.05) is 12.8 Å². The van der Waals surface area contributed by atoms with E-state index in [0.29, 0.717) is 35.1 Å². The minimum Gasteiger partial charge on any atom is -0.508 e. The maximum Gasteiger partial charge on any atom is 0.122 e. The van der Waals surface area contributed by atoms with Crippen molar-refractivity contribution in [2.75, 3.05) is 0 Å². The van der Waals surface area contributed by atoms with Gasteiger partial charge in [0.1, 0.15) is 28.7 Å². The molecule has 0 radical (unpaired) electrons. The summed E-state index contributed by atoms with van der Waals surface area (Å²) >= 11 is 0. The molecule has 0 unspecified atom stereocenters. The maximum atomic E-state index is 11.1. The van der Waals surface area contributed by atoms with Crippen LogP contribution in [-0.4, -0.2) is 25.5 Å². The molecule has 170 valence electrons. The van der Waals surface area contributed by atoms with E-state index in [-0.39, 0.29) is 28.7 Å². The van der Waals surface area contributed by atoms with Crippen molar-refractivity contribution in [3.05, 3.63) is 101 Å². The lowest BCUT2D eigenvalue weighted by Gasteiger charge is -2.14.